The molecule has 0 bridgehead atoms. The normalized spacial score (nSPS) is 17.2. The Morgan fingerprint density at radius 3 is 2.61 bits per heavy atom. The highest BCUT2D eigenvalue weighted by atomic mass is 32.1. The fourth-order valence-corrected chi connectivity index (χ4v) is 3.60. The lowest BCUT2D eigenvalue weighted by Gasteiger charge is -2.21. The smallest absolute Gasteiger partial charge is 0.207 e. The van der Waals surface area contributed by atoms with E-state index in [0.29, 0.717) is 17.4 Å². The van der Waals surface area contributed by atoms with Gasteiger partial charge in [-0.25, -0.2) is 4.98 Å². The van der Waals surface area contributed by atoms with Crippen molar-refractivity contribution >= 4 is 45.6 Å². The first-order valence-corrected chi connectivity index (χ1v) is 8.71. The highest BCUT2D eigenvalue weighted by Crippen LogP contribution is 2.34. The number of fused-ring (bicyclic) bond motifs is 1. The van der Waals surface area contributed by atoms with Crippen molar-refractivity contribution in [2.75, 3.05) is 0 Å². The lowest BCUT2D eigenvalue weighted by Crippen LogP contribution is -2.13. The molecule has 3 rings (SSSR count). The maximum absolute atomic E-state index is 9.66. The lowest BCUT2D eigenvalue weighted by atomic mass is 9.84. The van der Waals surface area contributed by atoms with E-state index in [4.69, 9.17) is 28.9 Å². The number of thiocarbonyl (C=S) groups is 2. The topological polar surface area (TPSA) is 66.5 Å². The molecule has 1 heterocycles. The Balaban J connectivity index is 1.91. The zero-order chi connectivity index (χ0) is 16.4. The van der Waals surface area contributed by atoms with E-state index in [1.165, 1.54) is 37.7 Å². The third kappa shape index (κ3) is 3.70. The molecule has 1 aromatic carbocycles. The molecule has 23 heavy (non-hydrogen) atoms. The fraction of sp³-hybridized carbons (Fsp3) is 0.471. The molecule has 2 N–H and O–H groups in total. The van der Waals surface area contributed by atoms with Crippen LogP contribution in [0, 0.1) is 0 Å². The number of rotatable bonds is 5. The molecule has 2 aromatic rings. The molecular weight excluding hydrogens is 330 g/mol. The number of hydrogen-bond acceptors (Lipinski definition) is 4. The Morgan fingerprint density at radius 1 is 1.22 bits per heavy atom. The van der Waals surface area contributed by atoms with Crippen molar-refractivity contribution in [1.82, 2.24) is 4.98 Å². The van der Waals surface area contributed by atoms with E-state index in [-0.39, 0.29) is 16.5 Å². The Bertz CT molecular complexity index is 735. The summed E-state index contributed by atoms with van der Waals surface area (Å²) in [5.41, 5.74) is 2.69. The zero-order valence-electron chi connectivity index (χ0n) is 12.7. The van der Waals surface area contributed by atoms with Crippen molar-refractivity contribution in [2.24, 2.45) is 0 Å². The van der Waals surface area contributed by atoms with Crippen molar-refractivity contribution < 1.29 is 14.6 Å². The Labute approximate surface area is 145 Å². The molecule has 0 aliphatic heterocycles. The van der Waals surface area contributed by atoms with Crippen LogP contribution in [0.1, 0.15) is 61.8 Å². The van der Waals surface area contributed by atoms with E-state index in [1.807, 2.05) is 12.1 Å². The van der Waals surface area contributed by atoms with Crippen LogP contribution in [0.25, 0.3) is 11.1 Å². The first kappa shape index (κ1) is 16.3. The molecule has 6 heteroatoms. The average Bonchev–Trinajstić information content (AvgIpc) is 2.95. The summed E-state index contributed by atoms with van der Waals surface area (Å²) < 4.78 is 5.79. The second-order valence-electron chi connectivity index (χ2n) is 6.10. The summed E-state index contributed by atoms with van der Waals surface area (Å²) in [6.07, 6.45) is 6.34. The summed E-state index contributed by atoms with van der Waals surface area (Å²) in [5, 5.41) is 18.5. The van der Waals surface area contributed by atoms with Gasteiger partial charge in [0.1, 0.15) is 11.4 Å². The van der Waals surface area contributed by atoms with E-state index < -0.39 is 5.92 Å². The van der Waals surface area contributed by atoms with Gasteiger partial charge in [-0.15, -0.1) is 0 Å². The molecule has 0 spiro atoms. The predicted octanol–water partition coefficient (Wildman–Crippen LogP) is 5.12. The summed E-state index contributed by atoms with van der Waals surface area (Å²) in [5.74, 6) is 0.194. The number of nitrogens with zero attached hydrogens (tertiary/aromatic N) is 1. The number of aliphatic hydroxyl groups is 2. The molecule has 0 amide bonds. The van der Waals surface area contributed by atoms with Crippen LogP contribution in [-0.4, -0.2) is 25.3 Å². The second-order valence-corrected chi connectivity index (χ2v) is 6.99. The molecule has 1 aliphatic carbocycles. The molecule has 122 valence electrons. The van der Waals surface area contributed by atoms with Gasteiger partial charge in [0.25, 0.3) is 0 Å². The van der Waals surface area contributed by atoms with Gasteiger partial charge < -0.3 is 14.6 Å². The van der Waals surface area contributed by atoms with Crippen molar-refractivity contribution in [3.63, 3.8) is 0 Å². The zero-order valence-corrected chi connectivity index (χ0v) is 14.3. The largest absolute Gasteiger partial charge is 0.502 e. The quantitative estimate of drug-likeness (QED) is 0.730. The molecule has 4 nitrogen and oxygen atoms in total. The average molecular weight is 349 g/mol. The van der Waals surface area contributed by atoms with Crippen LogP contribution >= 0.6 is 24.4 Å². The van der Waals surface area contributed by atoms with Crippen LogP contribution < -0.4 is 0 Å². The fourth-order valence-electron chi connectivity index (χ4n) is 3.25. The van der Waals surface area contributed by atoms with Gasteiger partial charge in [0.05, 0.1) is 0 Å². The molecule has 1 aliphatic rings. The number of aromatic nitrogens is 1. The minimum atomic E-state index is -0.687. The maximum atomic E-state index is 9.66. The Hall–Kier alpha value is -1.53. The monoisotopic (exact) mass is 349 g/mol. The summed E-state index contributed by atoms with van der Waals surface area (Å²) in [6, 6.07) is 6.09. The molecule has 1 fully saturated rings. The SMILES string of the molecule is OC(=S)CC(C(O)=S)c1nc2ccc(C3CCCCC3)cc2o1. The number of aliphatic hydroxyl groups excluding tert-OH is 2. The number of hydrogen-bond donors (Lipinski definition) is 2. The first-order chi connectivity index (χ1) is 11.0. The van der Waals surface area contributed by atoms with Crippen molar-refractivity contribution in [1.29, 1.82) is 0 Å². The molecular formula is C17H19NO3S2. The predicted molar refractivity (Wildman–Crippen MR) is 97.6 cm³/mol. The van der Waals surface area contributed by atoms with E-state index in [1.54, 1.807) is 0 Å². The minimum absolute atomic E-state index is 0.0347. The number of oxazole rings is 1. The summed E-state index contributed by atoms with van der Waals surface area (Å²) >= 11 is 9.53. The van der Waals surface area contributed by atoms with Crippen LogP contribution in [0.4, 0.5) is 0 Å². The molecule has 1 saturated carbocycles. The van der Waals surface area contributed by atoms with Gasteiger partial charge in [-0.1, -0.05) is 25.3 Å². The summed E-state index contributed by atoms with van der Waals surface area (Å²) in [7, 11) is 0. The molecule has 1 unspecified atom stereocenters. The summed E-state index contributed by atoms with van der Waals surface area (Å²) in [6.45, 7) is 0. The van der Waals surface area contributed by atoms with Crippen LogP contribution in [0.2, 0.25) is 0 Å². The molecule has 0 radical (unpaired) electrons. The van der Waals surface area contributed by atoms with Gasteiger partial charge in [-0.3, -0.25) is 0 Å². The van der Waals surface area contributed by atoms with Crippen molar-refractivity contribution in [2.45, 2.75) is 50.4 Å². The first-order valence-electron chi connectivity index (χ1n) is 7.89. The van der Waals surface area contributed by atoms with E-state index in [2.05, 4.69) is 11.1 Å². The maximum Gasteiger partial charge on any atom is 0.207 e. The molecule has 1 aromatic heterocycles. The van der Waals surface area contributed by atoms with Crippen LogP contribution in [0.3, 0.4) is 0 Å². The van der Waals surface area contributed by atoms with Crippen molar-refractivity contribution in [3.05, 3.63) is 29.7 Å². The van der Waals surface area contributed by atoms with E-state index in [0.717, 1.165) is 5.52 Å². The Morgan fingerprint density at radius 2 is 1.96 bits per heavy atom. The highest BCUT2D eigenvalue weighted by Gasteiger charge is 2.25. The van der Waals surface area contributed by atoms with E-state index in [9.17, 15) is 10.2 Å². The third-order valence-electron chi connectivity index (χ3n) is 4.48. The van der Waals surface area contributed by atoms with Crippen molar-refractivity contribution in [3.8, 4) is 0 Å². The standard InChI is InChI=1S/C17H19NO3S2/c19-15(22)9-12(17(20)23)16-18-13-7-6-11(8-14(13)21-16)10-4-2-1-3-5-10/h6-8,10,12H,1-5,9H2,(H,19,22)(H,20,23). The third-order valence-corrected chi connectivity index (χ3v) is 4.93. The minimum Gasteiger partial charge on any atom is -0.502 e. The van der Waals surface area contributed by atoms with E-state index >= 15 is 0 Å². The highest BCUT2D eigenvalue weighted by molar-refractivity contribution is 7.80. The van der Waals surface area contributed by atoms with Crippen LogP contribution in [-0.2, 0) is 0 Å². The number of benzene rings is 1. The van der Waals surface area contributed by atoms with Crippen LogP contribution in [0.5, 0.6) is 0 Å². The lowest BCUT2D eigenvalue weighted by molar-refractivity contribution is 0.442. The Kier molecular flexibility index (Phi) is 4.92. The van der Waals surface area contributed by atoms with Gasteiger partial charge in [0.15, 0.2) is 15.7 Å². The molecule has 1 atom stereocenters. The molecule has 0 saturated heterocycles. The van der Waals surface area contributed by atoms with Gasteiger partial charge >= 0.3 is 0 Å². The van der Waals surface area contributed by atoms with Gasteiger partial charge in [0.2, 0.25) is 5.89 Å². The summed E-state index contributed by atoms with van der Waals surface area (Å²) in [4.78, 5) is 4.39. The van der Waals surface area contributed by atoms with Gasteiger partial charge in [-0.05, 0) is 60.9 Å². The second kappa shape index (κ2) is 6.93. The van der Waals surface area contributed by atoms with Crippen LogP contribution in [0.15, 0.2) is 22.6 Å². The van der Waals surface area contributed by atoms with Gasteiger partial charge in [-0.2, -0.15) is 0 Å². The van der Waals surface area contributed by atoms with Gasteiger partial charge in [0, 0.05) is 6.42 Å².